The summed E-state index contributed by atoms with van der Waals surface area (Å²) < 4.78 is 3.85. The molecule has 4 aliphatic rings. The Morgan fingerprint density at radius 2 is 0.653 bits per heavy atom. The van der Waals surface area contributed by atoms with Gasteiger partial charge in [-0.05, 0) is 48.5 Å². The number of hydrogen-bond acceptors (Lipinski definition) is 6. The third-order valence-corrected chi connectivity index (χ3v) is 12.6. The van der Waals surface area contributed by atoms with Gasteiger partial charge in [0.1, 0.15) is 22.6 Å². The van der Waals surface area contributed by atoms with Gasteiger partial charge in [-0.3, -0.25) is 0 Å². The fourth-order valence-corrected chi connectivity index (χ4v) is 9.91. The molecule has 0 unspecified atom stereocenters. The molecule has 6 bridgehead atoms. The second-order valence-electron chi connectivity index (χ2n) is 11.2. The Morgan fingerprint density at radius 1 is 0.347 bits per heavy atom. The molecule has 0 fully saturated rings. The Labute approximate surface area is 321 Å². The maximum absolute atomic E-state index is 6.99. The Kier molecular flexibility index (Phi) is 6.81. The van der Waals surface area contributed by atoms with E-state index in [1.165, 1.54) is 0 Å². The SMILES string of the molecule is Clc1ccc(Cl)c2c1C1=NC2=Nc2c3c(Cl)ccc(Cl)c3c3[n]2[Al][n]2c(c4c(Cl)ccc(Cl)c4c2=NC2=NC(=N3)c3c(Cl)ccc(Cl)c32)=N1. The molecule has 0 N–H and O–H groups in total. The summed E-state index contributed by atoms with van der Waals surface area (Å²) in [5.41, 5.74) is 2.89. The first-order chi connectivity index (χ1) is 23.6. The number of hydrogen-bond donors (Lipinski definition) is 0. The van der Waals surface area contributed by atoms with E-state index in [-0.39, 0.29) is 23.3 Å². The average molecular weight is 815 g/mol. The van der Waals surface area contributed by atoms with Crippen molar-refractivity contribution in [2.45, 2.75) is 0 Å². The lowest BCUT2D eigenvalue weighted by atomic mass is 10.1. The highest BCUT2D eigenvalue weighted by Gasteiger charge is 2.35. The highest BCUT2D eigenvalue weighted by Crippen LogP contribution is 2.47. The zero-order valence-electron chi connectivity index (χ0n) is 23.8. The Hall–Kier alpha value is -2.91. The van der Waals surface area contributed by atoms with Crippen molar-refractivity contribution in [3.8, 4) is 0 Å². The van der Waals surface area contributed by atoms with Crippen LogP contribution in [-0.4, -0.2) is 46.1 Å². The van der Waals surface area contributed by atoms with Crippen molar-refractivity contribution in [3.05, 3.63) is 122 Å². The van der Waals surface area contributed by atoms with Crippen LogP contribution in [0.3, 0.4) is 0 Å². The Morgan fingerprint density at radius 3 is 1.02 bits per heavy atom. The van der Waals surface area contributed by atoms with Gasteiger partial charge in [0.15, 0.2) is 23.3 Å². The molecule has 6 heterocycles. The van der Waals surface area contributed by atoms with Gasteiger partial charge in [-0.1, -0.05) is 92.8 Å². The van der Waals surface area contributed by atoms with E-state index in [0.29, 0.717) is 107 Å². The lowest BCUT2D eigenvalue weighted by molar-refractivity contribution is 0.992. The van der Waals surface area contributed by atoms with Crippen molar-refractivity contribution in [1.82, 2.24) is 7.10 Å². The molecule has 6 aromatic rings. The molecule has 0 spiro atoms. The largest absolute Gasteiger partial charge is 0.568 e. The minimum absolute atomic E-state index is 0.281. The van der Waals surface area contributed by atoms with Gasteiger partial charge < -0.3 is 7.10 Å². The number of benzene rings is 4. The molecule has 10 rings (SSSR count). The van der Waals surface area contributed by atoms with Crippen LogP contribution in [0.4, 0.5) is 11.6 Å². The Balaban J connectivity index is 1.52. The number of aromatic nitrogens is 2. The summed E-state index contributed by atoms with van der Waals surface area (Å²) in [4.78, 5) is 30.3. The van der Waals surface area contributed by atoms with Crippen LogP contribution >= 0.6 is 92.8 Å². The summed E-state index contributed by atoms with van der Waals surface area (Å²) in [7, 11) is 0. The Bertz CT molecular complexity index is 2710. The minimum Gasteiger partial charge on any atom is -0.389 e. The van der Waals surface area contributed by atoms with Gasteiger partial charge in [0, 0.05) is 21.5 Å². The van der Waals surface area contributed by atoms with E-state index in [2.05, 4.69) is 0 Å². The molecule has 0 amide bonds. The predicted octanol–water partition coefficient (Wildman–Crippen LogP) is 9.70. The van der Waals surface area contributed by atoms with Crippen LogP contribution in [0.2, 0.25) is 40.2 Å². The molecule has 0 saturated carbocycles. The molecule has 4 aromatic carbocycles. The summed E-state index contributed by atoms with van der Waals surface area (Å²) in [6.07, 6.45) is 0. The lowest BCUT2D eigenvalue weighted by Gasteiger charge is -2.11. The molecule has 235 valence electrons. The first-order valence-electron chi connectivity index (χ1n) is 14.2. The van der Waals surface area contributed by atoms with Crippen molar-refractivity contribution in [2.75, 3.05) is 0 Å². The molecule has 4 aliphatic heterocycles. The van der Waals surface area contributed by atoms with Gasteiger partial charge in [-0.15, -0.1) is 0 Å². The first-order valence-corrected chi connectivity index (χ1v) is 18.3. The molecule has 2 aromatic heterocycles. The first kappa shape index (κ1) is 30.9. The van der Waals surface area contributed by atoms with Crippen LogP contribution in [0, 0.1) is 0 Å². The minimum atomic E-state index is -1.07. The third-order valence-electron chi connectivity index (χ3n) is 8.62. The highest BCUT2D eigenvalue weighted by atomic mass is 35.5. The molecular weight excluding hydrogens is 807 g/mol. The van der Waals surface area contributed by atoms with Crippen LogP contribution in [0.25, 0.3) is 21.5 Å². The molecule has 0 aliphatic carbocycles. The molecule has 0 atom stereocenters. The van der Waals surface area contributed by atoms with Gasteiger partial charge in [0.25, 0.3) is 0 Å². The van der Waals surface area contributed by atoms with Gasteiger partial charge >= 0.3 is 15.7 Å². The third kappa shape index (κ3) is 4.21. The van der Waals surface area contributed by atoms with Gasteiger partial charge in [-0.2, -0.15) is 0 Å². The molecule has 17 heteroatoms. The van der Waals surface area contributed by atoms with Crippen LogP contribution in [0.15, 0.2) is 78.5 Å². The van der Waals surface area contributed by atoms with Gasteiger partial charge in [0.05, 0.1) is 62.4 Å². The summed E-state index contributed by atoms with van der Waals surface area (Å²) in [5, 5.41) is 5.27. The number of fused-ring (bicyclic) bond motifs is 14. The number of rotatable bonds is 0. The predicted molar refractivity (Wildman–Crippen MR) is 201 cm³/mol. The number of nitrogens with zero attached hydrogens (tertiary/aromatic N) is 8. The van der Waals surface area contributed by atoms with Gasteiger partial charge in [-0.25, -0.2) is 30.0 Å². The van der Waals surface area contributed by atoms with Gasteiger partial charge in [0.2, 0.25) is 0 Å². The summed E-state index contributed by atoms with van der Waals surface area (Å²) in [6, 6.07) is 13.6. The summed E-state index contributed by atoms with van der Waals surface area (Å²) in [6.45, 7) is 0. The second-order valence-corrected chi connectivity index (χ2v) is 15.8. The lowest BCUT2D eigenvalue weighted by Crippen LogP contribution is -2.36. The quantitative estimate of drug-likeness (QED) is 0.137. The van der Waals surface area contributed by atoms with E-state index < -0.39 is 15.7 Å². The smallest absolute Gasteiger partial charge is 0.389 e. The zero-order chi connectivity index (χ0) is 33.6. The van der Waals surface area contributed by atoms with E-state index in [4.69, 9.17) is 123 Å². The zero-order valence-corrected chi connectivity index (χ0v) is 31.0. The topological polar surface area (TPSA) is 84.0 Å². The number of amidine groups is 4. The number of halogens is 8. The fourth-order valence-electron chi connectivity index (χ4n) is 6.56. The normalized spacial score (nSPS) is 15.1. The van der Waals surface area contributed by atoms with E-state index in [0.717, 1.165) is 0 Å². The van der Waals surface area contributed by atoms with Crippen molar-refractivity contribution >= 4 is 165 Å². The van der Waals surface area contributed by atoms with Crippen LogP contribution in [0.5, 0.6) is 0 Å². The van der Waals surface area contributed by atoms with E-state index in [1.807, 2.05) is 7.10 Å². The van der Waals surface area contributed by atoms with Crippen molar-refractivity contribution in [1.29, 1.82) is 0 Å². The fraction of sp³-hybridized carbons (Fsp3) is 0. The van der Waals surface area contributed by atoms with Crippen molar-refractivity contribution < 1.29 is 0 Å². The summed E-state index contributed by atoms with van der Waals surface area (Å²) >= 11 is 54.2. The van der Waals surface area contributed by atoms with Crippen molar-refractivity contribution in [2.24, 2.45) is 30.0 Å². The summed E-state index contributed by atoms with van der Waals surface area (Å²) in [5.74, 6) is 1.97. The molecule has 1 radical (unpaired) electrons. The van der Waals surface area contributed by atoms with Crippen LogP contribution in [-0.2, 0) is 0 Å². The highest BCUT2D eigenvalue weighted by molar-refractivity contribution is 6.48. The van der Waals surface area contributed by atoms with E-state index in [9.17, 15) is 0 Å². The van der Waals surface area contributed by atoms with Crippen molar-refractivity contribution in [3.63, 3.8) is 0 Å². The second kappa shape index (κ2) is 10.8. The standard InChI is InChI=1S/C32H8Cl8N8.Al/c33-9-1-2-10(34)18-17(9)25-41-26(18)46-28-21-13(37)5-6-14(38)22(21)30(43-28)48-32-24-16(40)8-7-15(39)23(24)31(44-32)47-29-20-12(36)4-3-11(35)19(20)27(42-29)45-25;/h1-8H;/q-2;+2. The monoisotopic (exact) mass is 811 g/mol. The molecule has 0 saturated heterocycles. The van der Waals surface area contributed by atoms with Crippen LogP contribution < -0.4 is 11.0 Å². The van der Waals surface area contributed by atoms with E-state index >= 15 is 0 Å². The maximum atomic E-state index is 6.99. The maximum Gasteiger partial charge on any atom is 0.568 e. The molecular formula is C32H8AlCl8N8. The van der Waals surface area contributed by atoms with E-state index in [1.54, 1.807) is 48.5 Å². The average Bonchev–Trinajstić information content (AvgIpc) is 3.79. The molecule has 8 nitrogen and oxygen atoms in total. The molecule has 49 heavy (non-hydrogen) atoms. The van der Waals surface area contributed by atoms with Crippen LogP contribution in [0.1, 0.15) is 22.3 Å². The number of aliphatic imine (C=N–C) groups is 4.